The van der Waals surface area contributed by atoms with Crippen LogP contribution in [-0.4, -0.2) is 44.6 Å². The Morgan fingerprint density at radius 2 is 2.37 bits per heavy atom. The molecule has 1 saturated heterocycles. The first-order valence-electron chi connectivity index (χ1n) is 6.79. The standard InChI is InChI=1S/C15H22N2O2/c1-17(15(18)13-6-8-16-11-13)9-7-12-4-3-5-14(10-12)19-2/h3-5,10,13,16H,6-9,11H2,1-2H3. The molecular formula is C15H22N2O2. The van der Waals surface area contributed by atoms with Gasteiger partial charge in [-0.3, -0.25) is 4.79 Å². The van der Waals surface area contributed by atoms with Crippen molar-refractivity contribution in [3.63, 3.8) is 0 Å². The van der Waals surface area contributed by atoms with Gasteiger partial charge < -0.3 is 15.0 Å². The molecule has 0 saturated carbocycles. The molecule has 1 fully saturated rings. The molecule has 0 radical (unpaired) electrons. The van der Waals surface area contributed by atoms with Crippen molar-refractivity contribution in [1.82, 2.24) is 10.2 Å². The summed E-state index contributed by atoms with van der Waals surface area (Å²) in [6, 6.07) is 8.01. The number of hydrogen-bond acceptors (Lipinski definition) is 3. The highest BCUT2D eigenvalue weighted by Gasteiger charge is 2.24. The summed E-state index contributed by atoms with van der Waals surface area (Å²) >= 11 is 0. The Hall–Kier alpha value is -1.55. The maximum atomic E-state index is 12.2. The summed E-state index contributed by atoms with van der Waals surface area (Å²) in [4.78, 5) is 14.0. The summed E-state index contributed by atoms with van der Waals surface area (Å²) in [7, 11) is 3.56. The van der Waals surface area contributed by atoms with Crippen molar-refractivity contribution >= 4 is 5.91 Å². The Labute approximate surface area is 114 Å². The van der Waals surface area contributed by atoms with Gasteiger partial charge in [0, 0.05) is 20.1 Å². The van der Waals surface area contributed by atoms with Gasteiger partial charge in [-0.2, -0.15) is 0 Å². The topological polar surface area (TPSA) is 41.6 Å². The van der Waals surface area contributed by atoms with Crippen molar-refractivity contribution in [2.24, 2.45) is 5.92 Å². The Morgan fingerprint density at radius 3 is 3.05 bits per heavy atom. The van der Waals surface area contributed by atoms with Crippen LogP contribution in [-0.2, 0) is 11.2 Å². The van der Waals surface area contributed by atoms with Gasteiger partial charge in [0.25, 0.3) is 0 Å². The predicted octanol–water partition coefficient (Wildman–Crippen LogP) is 1.31. The normalized spacial score (nSPS) is 18.3. The Kier molecular flexibility index (Phi) is 4.80. The van der Waals surface area contributed by atoms with E-state index < -0.39 is 0 Å². The van der Waals surface area contributed by atoms with Crippen LogP contribution >= 0.6 is 0 Å². The van der Waals surface area contributed by atoms with E-state index >= 15 is 0 Å². The maximum absolute atomic E-state index is 12.2. The lowest BCUT2D eigenvalue weighted by molar-refractivity contribution is -0.133. The number of nitrogens with one attached hydrogen (secondary N) is 1. The van der Waals surface area contributed by atoms with Crippen LogP contribution in [0.5, 0.6) is 5.75 Å². The maximum Gasteiger partial charge on any atom is 0.226 e. The smallest absolute Gasteiger partial charge is 0.226 e. The molecule has 104 valence electrons. The van der Waals surface area contributed by atoms with Crippen LogP contribution in [0.2, 0.25) is 0 Å². The summed E-state index contributed by atoms with van der Waals surface area (Å²) in [6.45, 7) is 2.53. The second kappa shape index (κ2) is 6.57. The van der Waals surface area contributed by atoms with E-state index in [0.29, 0.717) is 0 Å². The minimum atomic E-state index is 0.162. The third-order valence-electron chi connectivity index (χ3n) is 3.66. The van der Waals surface area contributed by atoms with E-state index in [1.807, 2.05) is 30.1 Å². The number of carbonyl (C=O) groups is 1. The van der Waals surface area contributed by atoms with Gasteiger partial charge in [-0.05, 0) is 37.1 Å². The molecular weight excluding hydrogens is 240 g/mol. The lowest BCUT2D eigenvalue weighted by atomic mass is 10.1. The fraction of sp³-hybridized carbons (Fsp3) is 0.533. The number of methoxy groups -OCH3 is 1. The third kappa shape index (κ3) is 3.70. The van der Waals surface area contributed by atoms with E-state index in [-0.39, 0.29) is 11.8 Å². The molecule has 1 aromatic carbocycles. The van der Waals surface area contributed by atoms with Crippen molar-refractivity contribution in [3.8, 4) is 5.75 Å². The highest BCUT2D eigenvalue weighted by atomic mass is 16.5. The molecule has 1 heterocycles. The van der Waals surface area contributed by atoms with Gasteiger partial charge in [0.05, 0.1) is 13.0 Å². The molecule has 19 heavy (non-hydrogen) atoms. The minimum Gasteiger partial charge on any atom is -0.497 e. The average Bonchev–Trinajstić information content (AvgIpc) is 2.98. The number of ether oxygens (including phenoxy) is 1. The molecule has 1 amide bonds. The van der Waals surface area contributed by atoms with Gasteiger partial charge in [0.2, 0.25) is 5.91 Å². The second-order valence-electron chi connectivity index (χ2n) is 5.05. The number of nitrogens with zero attached hydrogens (tertiary/aromatic N) is 1. The number of rotatable bonds is 5. The average molecular weight is 262 g/mol. The first kappa shape index (κ1) is 13.9. The lowest BCUT2D eigenvalue weighted by Gasteiger charge is -2.20. The van der Waals surface area contributed by atoms with E-state index in [1.165, 1.54) is 5.56 Å². The second-order valence-corrected chi connectivity index (χ2v) is 5.05. The zero-order chi connectivity index (χ0) is 13.7. The first-order valence-corrected chi connectivity index (χ1v) is 6.79. The van der Waals surface area contributed by atoms with Gasteiger partial charge in [-0.25, -0.2) is 0 Å². The zero-order valence-corrected chi connectivity index (χ0v) is 11.7. The molecule has 1 atom stereocenters. The van der Waals surface area contributed by atoms with E-state index in [0.717, 1.165) is 38.2 Å². The van der Waals surface area contributed by atoms with Crippen LogP contribution in [0.25, 0.3) is 0 Å². The Morgan fingerprint density at radius 1 is 1.53 bits per heavy atom. The molecule has 1 aliphatic heterocycles. The number of hydrogen-bond donors (Lipinski definition) is 1. The SMILES string of the molecule is COc1cccc(CCN(C)C(=O)C2CCNC2)c1. The molecule has 1 aromatic rings. The summed E-state index contributed by atoms with van der Waals surface area (Å²) in [5, 5.41) is 3.23. The molecule has 4 heteroatoms. The number of carbonyl (C=O) groups excluding carboxylic acids is 1. The minimum absolute atomic E-state index is 0.162. The van der Waals surface area contributed by atoms with Crippen LogP contribution in [0.3, 0.4) is 0 Å². The van der Waals surface area contributed by atoms with Gasteiger partial charge >= 0.3 is 0 Å². The van der Waals surface area contributed by atoms with Crippen LogP contribution in [0.1, 0.15) is 12.0 Å². The van der Waals surface area contributed by atoms with Crippen LogP contribution in [0.4, 0.5) is 0 Å². The van der Waals surface area contributed by atoms with Gasteiger partial charge in [-0.1, -0.05) is 12.1 Å². The van der Waals surface area contributed by atoms with Crippen molar-refractivity contribution in [1.29, 1.82) is 0 Å². The quantitative estimate of drug-likeness (QED) is 0.870. The van der Waals surface area contributed by atoms with E-state index in [1.54, 1.807) is 7.11 Å². The van der Waals surface area contributed by atoms with Crippen LogP contribution < -0.4 is 10.1 Å². The molecule has 1 N–H and O–H groups in total. The number of amides is 1. The molecule has 4 nitrogen and oxygen atoms in total. The summed E-state index contributed by atoms with van der Waals surface area (Å²) < 4.78 is 5.20. The first-order chi connectivity index (χ1) is 9.20. The molecule has 0 bridgehead atoms. The highest BCUT2D eigenvalue weighted by molar-refractivity contribution is 5.79. The van der Waals surface area contributed by atoms with Crippen molar-refractivity contribution in [2.75, 3.05) is 33.8 Å². The molecule has 1 aliphatic rings. The van der Waals surface area contributed by atoms with E-state index in [9.17, 15) is 4.79 Å². The Balaban J connectivity index is 1.85. The molecule has 0 aliphatic carbocycles. The fourth-order valence-corrected chi connectivity index (χ4v) is 2.41. The monoisotopic (exact) mass is 262 g/mol. The van der Waals surface area contributed by atoms with Crippen molar-refractivity contribution in [2.45, 2.75) is 12.8 Å². The van der Waals surface area contributed by atoms with E-state index in [4.69, 9.17) is 4.74 Å². The van der Waals surface area contributed by atoms with E-state index in [2.05, 4.69) is 11.4 Å². The summed E-state index contributed by atoms with van der Waals surface area (Å²) in [6.07, 6.45) is 1.82. The summed E-state index contributed by atoms with van der Waals surface area (Å²) in [5.74, 6) is 1.29. The van der Waals surface area contributed by atoms with Crippen LogP contribution in [0.15, 0.2) is 24.3 Å². The van der Waals surface area contributed by atoms with Crippen molar-refractivity contribution in [3.05, 3.63) is 29.8 Å². The highest BCUT2D eigenvalue weighted by Crippen LogP contribution is 2.14. The molecule has 0 spiro atoms. The van der Waals surface area contributed by atoms with Gasteiger partial charge in [0.15, 0.2) is 0 Å². The number of benzene rings is 1. The largest absolute Gasteiger partial charge is 0.497 e. The molecule has 1 unspecified atom stereocenters. The zero-order valence-electron chi connectivity index (χ0n) is 11.7. The van der Waals surface area contributed by atoms with Gasteiger partial charge in [0.1, 0.15) is 5.75 Å². The molecule has 0 aromatic heterocycles. The van der Waals surface area contributed by atoms with Crippen LogP contribution in [0, 0.1) is 5.92 Å². The number of likely N-dealkylation sites (N-methyl/N-ethyl adjacent to an activating group) is 1. The fourth-order valence-electron chi connectivity index (χ4n) is 2.41. The summed E-state index contributed by atoms with van der Waals surface area (Å²) in [5.41, 5.74) is 1.20. The Bertz CT molecular complexity index is 428. The third-order valence-corrected chi connectivity index (χ3v) is 3.66. The lowest BCUT2D eigenvalue weighted by Crippen LogP contribution is -2.35. The molecule has 2 rings (SSSR count). The van der Waals surface area contributed by atoms with Crippen molar-refractivity contribution < 1.29 is 9.53 Å². The van der Waals surface area contributed by atoms with Gasteiger partial charge in [-0.15, -0.1) is 0 Å². The predicted molar refractivity (Wildman–Crippen MR) is 75.3 cm³/mol.